The van der Waals surface area contributed by atoms with E-state index in [1.54, 1.807) is 17.0 Å². The van der Waals surface area contributed by atoms with Gasteiger partial charge in [0.1, 0.15) is 0 Å². The summed E-state index contributed by atoms with van der Waals surface area (Å²) in [6, 6.07) is 36.5. The van der Waals surface area contributed by atoms with Gasteiger partial charge in [-0.2, -0.15) is 12.9 Å². The molecule has 7 aromatic carbocycles. The van der Waals surface area contributed by atoms with Crippen molar-refractivity contribution in [1.29, 1.82) is 0 Å². The Morgan fingerprint density at radius 2 is 0.914 bits per heavy atom. The molecule has 0 radical (unpaired) electrons. The number of rotatable bonds is 14. The summed E-state index contributed by atoms with van der Waals surface area (Å²) in [5.41, 5.74) is -0.334. The number of benzene rings is 7. The van der Waals surface area contributed by atoms with Crippen LogP contribution in [-0.2, 0) is 54.4 Å². The number of fused-ring (bicyclic) bond motifs is 2. The lowest BCUT2D eigenvalue weighted by molar-refractivity contribution is -0.388. The van der Waals surface area contributed by atoms with Crippen molar-refractivity contribution in [3.63, 3.8) is 0 Å². The highest BCUT2D eigenvalue weighted by molar-refractivity contribution is 7.89. The number of sulfonamides is 3. The average molecular weight is 1160 g/mol. The summed E-state index contributed by atoms with van der Waals surface area (Å²) < 4.78 is 90.8. The number of pyridine rings is 1. The van der Waals surface area contributed by atoms with E-state index in [0.29, 0.717) is 51.1 Å². The van der Waals surface area contributed by atoms with Gasteiger partial charge in [0.15, 0.2) is 14.7 Å². The number of nitrogens with zero attached hydrogens (tertiary/aromatic N) is 9. The number of anilines is 1. The van der Waals surface area contributed by atoms with E-state index in [2.05, 4.69) is 54.6 Å². The van der Waals surface area contributed by atoms with E-state index in [-0.39, 0.29) is 49.6 Å². The van der Waals surface area contributed by atoms with Crippen LogP contribution in [-0.4, -0.2) is 121 Å². The van der Waals surface area contributed by atoms with Crippen molar-refractivity contribution in [3.8, 4) is 0 Å². The molecule has 10 rings (SSSR count). The van der Waals surface area contributed by atoms with Crippen LogP contribution in [0.15, 0.2) is 154 Å². The second-order valence-electron chi connectivity index (χ2n) is 19.9. The Bertz CT molecular complexity index is 4090. The second kappa shape index (κ2) is 23.2. The van der Waals surface area contributed by atoms with E-state index in [4.69, 9.17) is 4.98 Å². The molecule has 0 unspecified atom stereocenters. The summed E-state index contributed by atoms with van der Waals surface area (Å²) in [6.07, 6.45) is 1.31. The minimum absolute atomic E-state index is 0.0258. The molecule has 8 aromatic rings. The molecule has 25 heteroatoms. The van der Waals surface area contributed by atoms with Crippen molar-refractivity contribution in [3.05, 3.63) is 187 Å². The zero-order valence-electron chi connectivity index (χ0n) is 43.6. The average Bonchev–Trinajstić information content (AvgIpc) is 3.59. The van der Waals surface area contributed by atoms with Gasteiger partial charge in [-0.15, -0.1) is 0 Å². The number of para-hydroxylation sites is 3. The highest BCUT2D eigenvalue weighted by Gasteiger charge is 2.37. The third kappa shape index (κ3) is 11.5. The summed E-state index contributed by atoms with van der Waals surface area (Å²) in [4.78, 5) is 54.6. The standard InChI is InChI=1S/C56H55N9O13S3/c66-54(21-10-12-40-22-23-43-25-24-41-13-9-14-42-26-27-47(40)56(43)55(41)42)59-34-32-58(33-35-59)46-36-44-38-61(80(75,76)52-19-5-2-16-49(52)64(69)70)29-8-7-28-60(79(73,74)51-18-4-1-15-48(51)63(67)68)30-11-31-62(39-45(37-46)57-44)81(77,78)53-20-6-3-17-50(53)65(71)72/h1-6,9,13-20,22-27,36-37H,7-8,10-12,21,28-35,38-39H2. The van der Waals surface area contributed by atoms with Crippen LogP contribution in [0.4, 0.5) is 22.7 Å². The maximum atomic E-state index is 14.8. The van der Waals surface area contributed by atoms with Crippen molar-refractivity contribution in [2.75, 3.05) is 57.3 Å². The van der Waals surface area contributed by atoms with Crippen LogP contribution >= 0.6 is 0 Å². The number of hydrogen-bond donors (Lipinski definition) is 0. The Kier molecular flexibility index (Phi) is 16.1. The van der Waals surface area contributed by atoms with Gasteiger partial charge in [-0.05, 0) is 100 Å². The molecule has 2 bridgehead atoms. The minimum Gasteiger partial charge on any atom is -0.368 e. The number of aromatic nitrogens is 1. The fourth-order valence-corrected chi connectivity index (χ4v) is 15.9. The molecule has 1 amide bonds. The molecule has 2 aliphatic heterocycles. The monoisotopic (exact) mass is 1160 g/mol. The fraction of sp³-hybridized carbons (Fsp3) is 0.286. The third-order valence-corrected chi connectivity index (χ3v) is 20.7. The number of nitro groups is 3. The van der Waals surface area contributed by atoms with E-state index >= 15 is 0 Å². The molecule has 1 saturated heterocycles. The molecule has 0 saturated carbocycles. The lowest BCUT2D eigenvalue weighted by Crippen LogP contribution is -2.48. The molecule has 0 atom stereocenters. The third-order valence-electron chi connectivity index (χ3n) is 15.0. The molecule has 1 fully saturated rings. The van der Waals surface area contributed by atoms with Crippen LogP contribution in [0, 0.1) is 30.3 Å². The van der Waals surface area contributed by atoms with E-state index in [9.17, 15) is 60.4 Å². The second-order valence-corrected chi connectivity index (χ2v) is 25.6. The number of piperazine rings is 1. The number of carbonyl (C=O) groups excluding carboxylic acids is 1. The molecule has 2 aliphatic rings. The van der Waals surface area contributed by atoms with Crippen molar-refractivity contribution in [2.24, 2.45) is 0 Å². The van der Waals surface area contributed by atoms with E-state index in [1.807, 2.05) is 4.90 Å². The van der Waals surface area contributed by atoms with Crippen molar-refractivity contribution < 1.29 is 44.8 Å². The van der Waals surface area contributed by atoms with Gasteiger partial charge in [-0.3, -0.25) is 40.1 Å². The largest absolute Gasteiger partial charge is 0.368 e. The lowest BCUT2D eigenvalue weighted by atomic mass is 9.90. The number of nitro benzene ring substituents is 3. The van der Waals surface area contributed by atoms with E-state index < -0.39 is 103 Å². The van der Waals surface area contributed by atoms with Crippen LogP contribution < -0.4 is 4.90 Å². The number of aryl methyl sites for hydroxylation is 1. The van der Waals surface area contributed by atoms with Crippen LogP contribution in [0.1, 0.15) is 49.1 Å². The van der Waals surface area contributed by atoms with Crippen molar-refractivity contribution >= 4 is 91.0 Å². The maximum absolute atomic E-state index is 14.8. The van der Waals surface area contributed by atoms with Crippen molar-refractivity contribution in [1.82, 2.24) is 22.8 Å². The molecule has 0 N–H and O–H groups in total. The van der Waals surface area contributed by atoms with Crippen molar-refractivity contribution in [2.45, 2.75) is 66.3 Å². The zero-order valence-corrected chi connectivity index (χ0v) is 46.1. The highest BCUT2D eigenvalue weighted by atomic mass is 32.2. The fourth-order valence-electron chi connectivity index (χ4n) is 11.0. The molecule has 0 aliphatic carbocycles. The van der Waals surface area contributed by atoms with Gasteiger partial charge in [-0.1, -0.05) is 91.0 Å². The normalized spacial score (nSPS) is 16.1. The maximum Gasteiger partial charge on any atom is 0.289 e. The Balaban J connectivity index is 0.961. The summed E-state index contributed by atoms with van der Waals surface area (Å²) in [5, 5.41) is 43.8. The highest BCUT2D eigenvalue weighted by Crippen LogP contribution is 2.37. The van der Waals surface area contributed by atoms with Gasteiger partial charge in [0.25, 0.3) is 17.1 Å². The summed E-state index contributed by atoms with van der Waals surface area (Å²) in [6.45, 7) is -1.30. The van der Waals surface area contributed by atoms with Gasteiger partial charge in [0, 0.05) is 82.7 Å². The first kappa shape index (κ1) is 56.2. The molecule has 1 aromatic heterocycles. The van der Waals surface area contributed by atoms with Crippen LogP contribution in [0.25, 0.3) is 32.3 Å². The van der Waals surface area contributed by atoms with E-state index in [0.717, 1.165) is 65.6 Å². The Morgan fingerprint density at radius 3 is 1.43 bits per heavy atom. The summed E-state index contributed by atoms with van der Waals surface area (Å²) in [7, 11) is -14.3. The number of carbonyl (C=O) groups is 1. The van der Waals surface area contributed by atoms with Gasteiger partial charge in [0.05, 0.1) is 39.2 Å². The van der Waals surface area contributed by atoms with Gasteiger partial charge in [-0.25, -0.2) is 25.3 Å². The SMILES string of the molecule is O=C(CCCc1ccc2ccc3cccc4ccc1c2c34)N1CCN(c2cc3nc(c2)CN(S(=O)(=O)c2ccccc2[N+](=O)[O-])CCCN(S(=O)(=O)c2ccccc2[N+](=O)[O-])CCCCN(S(=O)(=O)c2ccccc2[N+](=O)[O-])C3)CC1. The van der Waals surface area contributed by atoms with Crippen LogP contribution in [0.5, 0.6) is 0 Å². The number of hydrogen-bond acceptors (Lipinski definition) is 15. The first-order valence-electron chi connectivity index (χ1n) is 26.2. The molecule has 420 valence electrons. The topological polar surface area (TPSA) is 278 Å². The van der Waals surface area contributed by atoms with Gasteiger partial charge < -0.3 is 9.80 Å². The number of amides is 1. The minimum atomic E-state index is -4.82. The first-order chi connectivity index (χ1) is 38.8. The van der Waals surface area contributed by atoms with Crippen LogP contribution in [0.2, 0.25) is 0 Å². The van der Waals surface area contributed by atoms with Crippen LogP contribution in [0.3, 0.4) is 0 Å². The zero-order chi connectivity index (χ0) is 57.2. The predicted molar refractivity (Wildman–Crippen MR) is 303 cm³/mol. The molecular formula is C56H55N9O13S3. The van der Waals surface area contributed by atoms with Gasteiger partial charge >= 0.3 is 0 Å². The molecule has 0 spiro atoms. The lowest BCUT2D eigenvalue weighted by Gasteiger charge is -2.36. The summed E-state index contributed by atoms with van der Waals surface area (Å²) >= 11 is 0. The van der Waals surface area contributed by atoms with E-state index in [1.165, 1.54) is 57.9 Å². The quantitative estimate of drug-likeness (QED) is 0.0559. The Hall–Kier alpha value is -8.07. The molecule has 22 nitrogen and oxygen atoms in total. The molecule has 81 heavy (non-hydrogen) atoms. The molecular weight excluding hydrogens is 1100 g/mol. The predicted octanol–water partition coefficient (Wildman–Crippen LogP) is 8.63. The van der Waals surface area contributed by atoms with Gasteiger partial charge in [0.2, 0.25) is 36.0 Å². The molecule has 3 heterocycles. The Morgan fingerprint density at radius 1 is 0.481 bits per heavy atom. The Labute approximate surface area is 466 Å². The first-order valence-corrected chi connectivity index (χ1v) is 30.5. The summed E-state index contributed by atoms with van der Waals surface area (Å²) in [5.74, 6) is -0.0270. The smallest absolute Gasteiger partial charge is 0.289 e.